The topological polar surface area (TPSA) is 66.5 Å². The van der Waals surface area contributed by atoms with Gasteiger partial charge in [0.25, 0.3) is 0 Å². The Morgan fingerprint density at radius 1 is 1.26 bits per heavy atom. The predicted molar refractivity (Wildman–Crippen MR) is 70.0 cm³/mol. The number of amides is 3. The van der Waals surface area contributed by atoms with Crippen LogP contribution in [0.25, 0.3) is 0 Å². The zero-order valence-electron chi connectivity index (χ0n) is 11.6. The summed E-state index contributed by atoms with van der Waals surface area (Å²) in [5, 5.41) is 2.68. The molecule has 1 saturated carbocycles. The normalized spacial score (nSPS) is 31.7. The van der Waals surface area contributed by atoms with E-state index in [0.29, 0.717) is 18.9 Å². The van der Waals surface area contributed by atoms with Gasteiger partial charge in [-0.1, -0.05) is 6.92 Å². The standard InChI is InChI=1S/C14H22N2O3/c1-9-7-12(17)16(14(9)19)8-10-3-5-11(6-4-10)13(18)15-2/h9-11H,3-8H2,1-2H3,(H,15,18). The number of carbonyl (C=O) groups is 3. The lowest BCUT2D eigenvalue weighted by molar-refractivity contribution is -0.140. The number of likely N-dealkylation sites (tertiary alicyclic amines) is 1. The predicted octanol–water partition coefficient (Wildman–Crippen LogP) is 0.934. The van der Waals surface area contributed by atoms with E-state index in [1.54, 1.807) is 7.05 Å². The van der Waals surface area contributed by atoms with Crippen LogP contribution in [-0.2, 0) is 14.4 Å². The van der Waals surface area contributed by atoms with Crippen molar-refractivity contribution < 1.29 is 14.4 Å². The molecule has 2 aliphatic rings. The Labute approximate surface area is 113 Å². The van der Waals surface area contributed by atoms with E-state index < -0.39 is 0 Å². The second-order valence-electron chi connectivity index (χ2n) is 5.78. The summed E-state index contributed by atoms with van der Waals surface area (Å²) in [7, 11) is 1.66. The molecule has 1 atom stereocenters. The van der Waals surface area contributed by atoms with Crippen LogP contribution in [-0.4, -0.2) is 36.2 Å². The summed E-state index contributed by atoms with van der Waals surface area (Å²) in [6.07, 6.45) is 3.91. The maximum Gasteiger partial charge on any atom is 0.232 e. The highest BCUT2D eigenvalue weighted by Crippen LogP contribution is 2.31. The Bertz CT molecular complexity index is 386. The first kappa shape index (κ1) is 14.0. The highest BCUT2D eigenvalue weighted by atomic mass is 16.2. The number of hydrogen-bond donors (Lipinski definition) is 1. The molecule has 0 spiro atoms. The smallest absolute Gasteiger partial charge is 0.232 e. The average molecular weight is 266 g/mol. The summed E-state index contributed by atoms with van der Waals surface area (Å²) in [6, 6.07) is 0. The van der Waals surface area contributed by atoms with Gasteiger partial charge in [0.05, 0.1) is 0 Å². The van der Waals surface area contributed by atoms with Crippen molar-refractivity contribution >= 4 is 17.7 Å². The largest absolute Gasteiger partial charge is 0.359 e. The second kappa shape index (κ2) is 5.72. The molecule has 1 N–H and O–H groups in total. The summed E-state index contributed by atoms with van der Waals surface area (Å²) in [4.78, 5) is 36.5. The van der Waals surface area contributed by atoms with E-state index in [-0.39, 0.29) is 29.6 Å². The van der Waals surface area contributed by atoms with Gasteiger partial charge >= 0.3 is 0 Å². The molecular formula is C14H22N2O3. The molecule has 0 aromatic heterocycles. The minimum atomic E-state index is -0.158. The van der Waals surface area contributed by atoms with E-state index in [1.807, 2.05) is 6.92 Å². The summed E-state index contributed by atoms with van der Waals surface area (Å²) >= 11 is 0. The quantitative estimate of drug-likeness (QED) is 0.773. The van der Waals surface area contributed by atoms with Gasteiger partial charge in [0.1, 0.15) is 0 Å². The first-order chi connectivity index (χ1) is 9.02. The van der Waals surface area contributed by atoms with E-state index in [1.165, 1.54) is 4.90 Å². The number of nitrogens with one attached hydrogen (secondary N) is 1. The molecule has 1 unspecified atom stereocenters. The van der Waals surface area contributed by atoms with E-state index in [9.17, 15) is 14.4 Å². The number of imide groups is 1. The van der Waals surface area contributed by atoms with Gasteiger partial charge < -0.3 is 5.32 Å². The third-order valence-electron chi connectivity index (χ3n) is 4.37. The van der Waals surface area contributed by atoms with Gasteiger partial charge in [-0.15, -0.1) is 0 Å². The molecule has 106 valence electrons. The monoisotopic (exact) mass is 266 g/mol. The SMILES string of the molecule is CNC(=O)C1CCC(CN2C(=O)CC(C)C2=O)CC1. The van der Waals surface area contributed by atoms with Crippen LogP contribution < -0.4 is 5.32 Å². The molecule has 1 saturated heterocycles. The van der Waals surface area contributed by atoms with Crippen molar-refractivity contribution in [3.05, 3.63) is 0 Å². The van der Waals surface area contributed by atoms with Crippen molar-refractivity contribution in [1.82, 2.24) is 10.2 Å². The van der Waals surface area contributed by atoms with Crippen LogP contribution in [0.5, 0.6) is 0 Å². The van der Waals surface area contributed by atoms with Gasteiger partial charge in [-0.05, 0) is 31.6 Å². The third kappa shape index (κ3) is 2.96. The number of carbonyl (C=O) groups excluding carboxylic acids is 3. The van der Waals surface area contributed by atoms with Crippen LogP contribution in [0.1, 0.15) is 39.0 Å². The van der Waals surface area contributed by atoms with Crippen molar-refractivity contribution in [3.8, 4) is 0 Å². The van der Waals surface area contributed by atoms with Crippen molar-refractivity contribution in [2.75, 3.05) is 13.6 Å². The van der Waals surface area contributed by atoms with Gasteiger partial charge in [0.2, 0.25) is 17.7 Å². The molecule has 5 nitrogen and oxygen atoms in total. The van der Waals surface area contributed by atoms with Gasteiger partial charge in [-0.3, -0.25) is 19.3 Å². The maximum absolute atomic E-state index is 11.8. The summed E-state index contributed by atoms with van der Waals surface area (Å²) in [5.41, 5.74) is 0. The number of nitrogens with zero attached hydrogens (tertiary/aromatic N) is 1. The molecule has 19 heavy (non-hydrogen) atoms. The van der Waals surface area contributed by atoms with Crippen LogP contribution in [0.2, 0.25) is 0 Å². The van der Waals surface area contributed by atoms with Gasteiger partial charge in [-0.25, -0.2) is 0 Å². The molecule has 1 aliphatic carbocycles. The molecule has 0 aromatic carbocycles. The highest BCUT2D eigenvalue weighted by Gasteiger charge is 2.37. The van der Waals surface area contributed by atoms with Crippen molar-refractivity contribution in [2.24, 2.45) is 17.8 Å². The zero-order valence-corrected chi connectivity index (χ0v) is 11.6. The Hall–Kier alpha value is -1.39. The molecular weight excluding hydrogens is 244 g/mol. The minimum Gasteiger partial charge on any atom is -0.359 e. The second-order valence-corrected chi connectivity index (χ2v) is 5.78. The van der Waals surface area contributed by atoms with Gasteiger partial charge in [0.15, 0.2) is 0 Å². The summed E-state index contributed by atoms with van der Waals surface area (Å²) in [6.45, 7) is 2.35. The van der Waals surface area contributed by atoms with Crippen molar-refractivity contribution in [3.63, 3.8) is 0 Å². The third-order valence-corrected chi connectivity index (χ3v) is 4.37. The fourth-order valence-electron chi connectivity index (χ4n) is 3.11. The molecule has 3 amide bonds. The van der Waals surface area contributed by atoms with E-state index in [0.717, 1.165) is 25.7 Å². The first-order valence-electron chi connectivity index (χ1n) is 7.08. The first-order valence-corrected chi connectivity index (χ1v) is 7.08. The van der Waals surface area contributed by atoms with Crippen molar-refractivity contribution in [1.29, 1.82) is 0 Å². The zero-order chi connectivity index (χ0) is 14.0. The van der Waals surface area contributed by atoms with E-state index >= 15 is 0 Å². The highest BCUT2D eigenvalue weighted by molar-refractivity contribution is 6.03. The van der Waals surface area contributed by atoms with Crippen LogP contribution in [0.3, 0.4) is 0 Å². The lowest BCUT2D eigenvalue weighted by Gasteiger charge is -2.29. The molecule has 0 aromatic rings. The Kier molecular flexibility index (Phi) is 4.22. The molecule has 0 bridgehead atoms. The summed E-state index contributed by atoms with van der Waals surface area (Å²) < 4.78 is 0. The Morgan fingerprint density at radius 3 is 2.37 bits per heavy atom. The fourth-order valence-corrected chi connectivity index (χ4v) is 3.11. The summed E-state index contributed by atoms with van der Waals surface area (Å²) in [5.74, 6) is 0.351. The molecule has 1 heterocycles. The molecule has 0 radical (unpaired) electrons. The van der Waals surface area contributed by atoms with E-state index in [4.69, 9.17) is 0 Å². The van der Waals surface area contributed by atoms with Crippen LogP contribution in [0, 0.1) is 17.8 Å². The lowest BCUT2D eigenvalue weighted by Crippen LogP contribution is -2.37. The Balaban J connectivity index is 1.84. The molecule has 2 fully saturated rings. The van der Waals surface area contributed by atoms with Crippen molar-refractivity contribution in [2.45, 2.75) is 39.0 Å². The number of hydrogen-bond acceptors (Lipinski definition) is 3. The van der Waals surface area contributed by atoms with Crippen LogP contribution in [0.15, 0.2) is 0 Å². The van der Waals surface area contributed by atoms with Crippen LogP contribution in [0.4, 0.5) is 0 Å². The minimum absolute atomic E-state index is 0.0292. The van der Waals surface area contributed by atoms with Gasteiger partial charge in [0, 0.05) is 31.8 Å². The number of rotatable bonds is 3. The lowest BCUT2D eigenvalue weighted by atomic mass is 9.81. The molecule has 1 aliphatic heterocycles. The fraction of sp³-hybridized carbons (Fsp3) is 0.786. The maximum atomic E-state index is 11.8. The average Bonchev–Trinajstić information content (AvgIpc) is 2.65. The van der Waals surface area contributed by atoms with E-state index in [2.05, 4.69) is 5.32 Å². The van der Waals surface area contributed by atoms with Crippen LogP contribution >= 0.6 is 0 Å². The molecule has 5 heteroatoms. The van der Waals surface area contributed by atoms with Gasteiger partial charge in [-0.2, -0.15) is 0 Å². The Morgan fingerprint density at radius 2 is 1.89 bits per heavy atom. The molecule has 2 rings (SSSR count).